The standard InChI is InChI=1S/C18H28ClN/c1-2-14-20-18(16-10-12-17(19)13-11-16)15-8-6-4-3-5-7-9-15/h10-13,15,18,20H,2-9,14H2,1H3. The first-order valence-corrected chi connectivity index (χ1v) is 8.68. The van der Waals surface area contributed by atoms with Gasteiger partial charge in [-0.15, -0.1) is 0 Å². The normalized spacial score (nSPS) is 19.3. The van der Waals surface area contributed by atoms with E-state index in [4.69, 9.17) is 11.6 Å². The van der Waals surface area contributed by atoms with E-state index in [1.807, 2.05) is 12.1 Å². The van der Waals surface area contributed by atoms with Crippen molar-refractivity contribution in [3.05, 3.63) is 34.9 Å². The number of nitrogens with one attached hydrogen (secondary N) is 1. The minimum Gasteiger partial charge on any atom is -0.310 e. The molecular formula is C18H28ClN. The molecule has 1 nitrogen and oxygen atoms in total. The fraction of sp³-hybridized carbons (Fsp3) is 0.667. The van der Waals surface area contributed by atoms with Gasteiger partial charge in [-0.3, -0.25) is 0 Å². The molecule has 1 aromatic carbocycles. The predicted octanol–water partition coefficient (Wildman–Crippen LogP) is 5.74. The van der Waals surface area contributed by atoms with Crippen molar-refractivity contribution in [2.75, 3.05) is 6.54 Å². The predicted molar refractivity (Wildman–Crippen MR) is 88.3 cm³/mol. The van der Waals surface area contributed by atoms with E-state index in [0.717, 1.165) is 17.5 Å². The summed E-state index contributed by atoms with van der Waals surface area (Å²) in [6.07, 6.45) is 11.0. The van der Waals surface area contributed by atoms with Crippen LogP contribution in [0.5, 0.6) is 0 Å². The molecule has 0 spiro atoms. The largest absolute Gasteiger partial charge is 0.310 e. The Morgan fingerprint density at radius 2 is 1.65 bits per heavy atom. The summed E-state index contributed by atoms with van der Waals surface area (Å²) in [5.74, 6) is 0.781. The molecule has 1 aliphatic carbocycles. The van der Waals surface area contributed by atoms with E-state index in [-0.39, 0.29) is 0 Å². The average Bonchev–Trinajstić information content (AvgIpc) is 2.42. The topological polar surface area (TPSA) is 12.0 Å². The second-order valence-electron chi connectivity index (χ2n) is 6.09. The smallest absolute Gasteiger partial charge is 0.0406 e. The quantitative estimate of drug-likeness (QED) is 0.730. The molecule has 2 rings (SSSR count). The van der Waals surface area contributed by atoms with Gasteiger partial charge in [0.05, 0.1) is 0 Å². The monoisotopic (exact) mass is 293 g/mol. The summed E-state index contributed by atoms with van der Waals surface area (Å²) in [7, 11) is 0. The molecule has 1 fully saturated rings. The van der Waals surface area contributed by atoms with Crippen LogP contribution in [-0.4, -0.2) is 6.54 Å². The van der Waals surface area contributed by atoms with Gasteiger partial charge in [0.15, 0.2) is 0 Å². The second-order valence-corrected chi connectivity index (χ2v) is 6.52. The third-order valence-corrected chi connectivity index (χ3v) is 4.72. The van der Waals surface area contributed by atoms with Crippen LogP contribution in [0.2, 0.25) is 5.02 Å². The molecule has 1 aliphatic rings. The Bertz CT molecular complexity index is 366. The molecule has 1 saturated carbocycles. The van der Waals surface area contributed by atoms with E-state index in [1.165, 1.54) is 56.9 Å². The fourth-order valence-electron chi connectivity index (χ4n) is 3.35. The highest BCUT2D eigenvalue weighted by molar-refractivity contribution is 6.30. The van der Waals surface area contributed by atoms with Crippen LogP contribution < -0.4 is 5.32 Å². The lowest BCUT2D eigenvalue weighted by atomic mass is 9.83. The van der Waals surface area contributed by atoms with E-state index < -0.39 is 0 Å². The van der Waals surface area contributed by atoms with Crippen LogP contribution in [0.4, 0.5) is 0 Å². The van der Waals surface area contributed by atoms with Crippen molar-refractivity contribution in [1.29, 1.82) is 0 Å². The highest BCUT2D eigenvalue weighted by Gasteiger charge is 2.23. The van der Waals surface area contributed by atoms with E-state index in [1.54, 1.807) is 0 Å². The summed E-state index contributed by atoms with van der Waals surface area (Å²) in [6, 6.07) is 8.97. The molecule has 1 atom stereocenters. The van der Waals surface area contributed by atoms with Crippen molar-refractivity contribution in [1.82, 2.24) is 5.32 Å². The van der Waals surface area contributed by atoms with Crippen molar-refractivity contribution >= 4 is 11.6 Å². The van der Waals surface area contributed by atoms with Gasteiger partial charge >= 0.3 is 0 Å². The molecule has 0 aromatic heterocycles. The molecule has 0 bridgehead atoms. The molecule has 0 saturated heterocycles. The molecule has 1 unspecified atom stereocenters. The number of benzene rings is 1. The van der Waals surface area contributed by atoms with E-state index in [0.29, 0.717) is 6.04 Å². The maximum absolute atomic E-state index is 6.03. The zero-order valence-corrected chi connectivity index (χ0v) is 13.5. The van der Waals surface area contributed by atoms with Gasteiger partial charge in [0.25, 0.3) is 0 Å². The highest BCUT2D eigenvalue weighted by Crippen LogP contribution is 2.33. The Labute approximate surface area is 129 Å². The molecule has 20 heavy (non-hydrogen) atoms. The maximum Gasteiger partial charge on any atom is 0.0406 e. The van der Waals surface area contributed by atoms with Crippen molar-refractivity contribution in [2.45, 2.75) is 64.3 Å². The van der Waals surface area contributed by atoms with Gasteiger partial charge in [-0.2, -0.15) is 0 Å². The van der Waals surface area contributed by atoms with Crippen molar-refractivity contribution < 1.29 is 0 Å². The lowest BCUT2D eigenvalue weighted by Crippen LogP contribution is -2.29. The summed E-state index contributed by atoms with van der Waals surface area (Å²) < 4.78 is 0. The number of hydrogen-bond donors (Lipinski definition) is 1. The Balaban J connectivity index is 2.09. The van der Waals surface area contributed by atoms with Crippen LogP contribution >= 0.6 is 11.6 Å². The minimum absolute atomic E-state index is 0.505. The van der Waals surface area contributed by atoms with E-state index in [9.17, 15) is 0 Å². The summed E-state index contributed by atoms with van der Waals surface area (Å²) >= 11 is 6.03. The van der Waals surface area contributed by atoms with Crippen LogP contribution in [0.25, 0.3) is 0 Å². The molecule has 1 aromatic rings. The second kappa shape index (κ2) is 8.69. The number of rotatable bonds is 5. The van der Waals surface area contributed by atoms with Crippen LogP contribution in [0.3, 0.4) is 0 Å². The van der Waals surface area contributed by atoms with Crippen LogP contribution in [0, 0.1) is 5.92 Å². The van der Waals surface area contributed by atoms with Crippen molar-refractivity contribution in [3.8, 4) is 0 Å². The SMILES string of the molecule is CCCNC(c1ccc(Cl)cc1)C1CCCCCCC1. The van der Waals surface area contributed by atoms with Crippen molar-refractivity contribution in [3.63, 3.8) is 0 Å². The first-order valence-electron chi connectivity index (χ1n) is 8.30. The molecule has 0 amide bonds. The number of halogens is 1. The van der Waals surface area contributed by atoms with Gasteiger partial charge in [0.1, 0.15) is 0 Å². The van der Waals surface area contributed by atoms with Crippen molar-refractivity contribution in [2.24, 2.45) is 5.92 Å². The maximum atomic E-state index is 6.03. The lowest BCUT2D eigenvalue weighted by molar-refractivity contribution is 0.288. The van der Waals surface area contributed by atoms with E-state index in [2.05, 4.69) is 24.4 Å². The van der Waals surface area contributed by atoms with E-state index >= 15 is 0 Å². The molecule has 0 heterocycles. The average molecular weight is 294 g/mol. The van der Waals surface area contributed by atoms with Gasteiger partial charge in [0.2, 0.25) is 0 Å². The molecular weight excluding hydrogens is 266 g/mol. The third-order valence-electron chi connectivity index (χ3n) is 4.46. The Hall–Kier alpha value is -0.530. The molecule has 112 valence electrons. The molecule has 0 radical (unpaired) electrons. The van der Waals surface area contributed by atoms with Gasteiger partial charge in [-0.1, -0.05) is 62.8 Å². The van der Waals surface area contributed by atoms with Crippen LogP contribution in [0.1, 0.15) is 69.9 Å². The van der Waals surface area contributed by atoms with Gasteiger partial charge in [-0.05, 0) is 49.4 Å². The first kappa shape index (κ1) is 15.9. The summed E-state index contributed by atoms with van der Waals surface area (Å²) in [5, 5.41) is 4.61. The first-order chi connectivity index (χ1) is 9.81. The Morgan fingerprint density at radius 1 is 1.05 bits per heavy atom. The van der Waals surface area contributed by atoms with Gasteiger partial charge < -0.3 is 5.32 Å². The zero-order chi connectivity index (χ0) is 14.2. The fourth-order valence-corrected chi connectivity index (χ4v) is 3.47. The summed E-state index contributed by atoms with van der Waals surface area (Å²) in [6.45, 7) is 3.34. The highest BCUT2D eigenvalue weighted by atomic mass is 35.5. The van der Waals surface area contributed by atoms with Crippen LogP contribution in [-0.2, 0) is 0 Å². The number of hydrogen-bond acceptors (Lipinski definition) is 1. The zero-order valence-electron chi connectivity index (χ0n) is 12.7. The molecule has 1 N–H and O–H groups in total. The van der Waals surface area contributed by atoms with Gasteiger partial charge in [0, 0.05) is 11.1 Å². The van der Waals surface area contributed by atoms with Gasteiger partial charge in [-0.25, -0.2) is 0 Å². The summed E-state index contributed by atoms with van der Waals surface area (Å²) in [5.41, 5.74) is 1.41. The minimum atomic E-state index is 0.505. The Kier molecular flexibility index (Phi) is 6.89. The van der Waals surface area contributed by atoms with Crippen LogP contribution in [0.15, 0.2) is 24.3 Å². The molecule has 2 heteroatoms. The lowest BCUT2D eigenvalue weighted by Gasteiger charge is -2.30. The third kappa shape index (κ3) is 4.79. The summed E-state index contributed by atoms with van der Waals surface area (Å²) in [4.78, 5) is 0. The Morgan fingerprint density at radius 3 is 2.25 bits per heavy atom. The molecule has 0 aliphatic heterocycles.